The predicted molar refractivity (Wildman–Crippen MR) is 132 cm³/mol. The Morgan fingerprint density at radius 2 is 2.00 bits per heavy atom. The maximum absolute atomic E-state index is 14.7. The van der Waals surface area contributed by atoms with Crippen LogP contribution in [0.5, 0.6) is 5.75 Å². The van der Waals surface area contributed by atoms with Crippen LogP contribution in [0, 0.1) is 5.82 Å². The highest BCUT2D eigenvalue weighted by Gasteiger charge is 2.34. The van der Waals surface area contributed by atoms with E-state index in [2.05, 4.69) is 19.8 Å². The van der Waals surface area contributed by atoms with Gasteiger partial charge < -0.3 is 14.4 Å². The second-order valence-corrected chi connectivity index (χ2v) is 9.04. The third kappa shape index (κ3) is 5.03. The summed E-state index contributed by atoms with van der Waals surface area (Å²) in [6.07, 6.45) is 1.33. The second kappa shape index (κ2) is 10.0. The summed E-state index contributed by atoms with van der Waals surface area (Å²) in [4.78, 5) is 24.0. The molecule has 3 heterocycles. The minimum atomic E-state index is -5.02. The second-order valence-electron chi connectivity index (χ2n) is 9.04. The molecule has 8 nitrogen and oxygen atoms in total. The van der Waals surface area contributed by atoms with Gasteiger partial charge in [-0.1, -0.05) is 0 Å². The molecule has 0 radical (unpaired) electrons. The van der Waals surface area contributed by atoms with Crippen molar-refractivity contribution in [2.24, 2.45) is 4.99 Å². The Labute approximate surface area is 214 Å². The molecule has 0 bridgehead atoms. The number of benzene rings is 2. The smallest absolute Gasteiger partial charge is 0.403 e. The minimum Gasteiger partial charge on any atom is -0.403 e. The highest BCUT2D eigenvalue weighted by atomic mass is 19.4. The SMILES string of the molecule is CN(C)/C=N/c1c(C(=O)c2ccc(F)c3nn(C4CCCCO4)cc23)cc(OC(F)(F)F)c2ncccc12. The van der Waals surface area contributed by atoms with Gasteiger partial charge >= 0.3 is 6.36 Å². The Hall–Kier alpha value is -4.06. The molecule has 1 atom stereocenters. The van der Waals surface area contributed by atoms with Crippen LogP contribution in [-0.4, -0.2) is 58.9 Å². The van der Waals surface area contributed by atoms with E-state index in [1.165, 1.54) is 41.6 Å². The molecule has 2 aromatic heterocycles. The van der Waals surface area contributed by atoms with Crippen LogP contribution in [-0.2, 0) is 4.74 Å². The van der Waals surface area contributed by atoms with Crippen molar-refractivity contribution in [3.63, 3.8) is 0 Å². The van der Waals surface area contributed by atoms with Crippen molar-refractivity contribution in [2.45, 2.75) is 31.9 Å². The maximum Gasteiger partial charge on any atom is 0.573 e. The van der Waals surface area contributed by atoms with Crippen molar-refractivity contribution >= 4 is 39.6 Å². The largest absolute Gasteiger partial charge is 0.573 e. The van der Waals surface area contributed by atoms with Crippen molar-refractivity contribution in [3.05, 3.63) is 59.7 Å². The Kier molecular flexibility index (Phi) is 6.74. The van der Waals surface area contributed by atoms with Gasteiger partial charge in [0.2, 0.25) is 0 Å². The minimum absolute atomic E-state index is 0.0439. The van der Waals surface area contributed by atoms with E-state index in [1.54, 1.807) is 19.0 Å². The van der Waals surface area contributed by atoms with Crippen LogP contribution in [0.1, 0.15) is 41.4 Å². The Bertz CT molecular complexity index is 1540. The number of ether oxygens (including phenoxy) is 2. The zero-order valence-corrected chi connectivity index (χ0v) is 20.5. The molecule has 5 rings (SSSR count). The summed E-state index contributed by atoms with van der Waals surface area (Å²) >= 11 is 0. The van der Waals surface area contributed by atoms with Crippen LogP contribution in [0.4, 0.5) is 23.2 Å². The van der Waals surface area contributed by atoms with E-state index in [-0.39, 0.29) is 38.6 Å². The first-order valence-corrected chi connectivity index (χ1v) is 11.8. The molecular formula is C26H23F4N5O3. The third-order valence-corrected chi connectivity index (χ3v) is 6.05. The summed E-state index contributed by atoms with van der Waals surface area (Å²) in [6.45, 7) is 0.537. The van der Waals surface area contributed by atoms with E-state index >= 15 is 0 Å². The number of hydrogen-bond acceptors (Lipinski definition) is 6. The number of nitrogens with zero attached hydrogens (tertiary/aromatic N) is 5. The molecule has 0 spiro atoms. The molecule has 198 valence electrons. The van der Waals surface area contributed by atoms with E-state index in [0.717, 1.165) is 25.0 Å². The van der Waals surface area contributed by atoms with E-state index < -0.39 is 29.9 Å². The topological polar surface area (TPSA) is 81.8 Å². The fourth-order valence-corrected chi connectivity index (χ4v) is 4.41. The number of hydrogen-bond donors (Lipinski definition) is 0. The molecule has 1 unspecified atom stereocenters. The van der Waals surface area contributed by atoms with Crippen LogP contribution < -0.4 is 4.74 Å². The van der Waals surface area contributed by atoms with Gasteiger partial charge in [-0.15, -0.1) is 13.2 Å². The molecule has 1 saturated heterocycles. The van der Waals surface area contributed by atoms with E-state index in [9.17, 15) is 22.4 Å². The fraction of sp³-hybridized carbons (Fsp3) is 0.308. The highest BCUT2D eigenvalue weighted by Crippen LogP contribution is 2.40. The summed E-state index contributed by atoms with van der Waals surface area (Å²) in [5, 5.41) is 4.70. The molecule has 0 N–H and O–H groups in total. The van der Waals surface area contributed by atoms with Crippen LogP contribution in [0.25, 0.3) is 21.8 Å². The Morgan fingerprint density at radius 3 is 2.71 bits per heavy atom. The average molecular weight is 529 g/mol. The molecule has 2 aromatic carbocycles. The monoisotopic (exact) mass is 529 g/mol. The van der Waals surface area contributed by atoms with Crippen molar-refractivity contribution in [3.8, 4) is 5.75 Å². The van der Waals surface area contributed by atoms with Crippen LogP contribution in [0.2, 0.25) is 0 Å². The summed E-state index contributed by atoms with van der Waals surface area (Å²) in [5.41, 5.74) is -0.179. The molecule has 12 heteroatoms. The number of alkyl halides is 3. The van der Waals surface area contributed by atoms with E-state index in [1.807, 2.05) is 0 Å². The lowest BCUT2D eigenvalue weighted by Crippen LogP contribution is -2.18. The van der Waals surface area contributed by atoms with Gasteiger partial charge in [0.1, 0.15) is 17.3 Å². The van der Waals surface area contributed by atoms with Crippen LogP contribution in [0.3, 0.4) is 0 Å². The van der Waals surface area contributed by atoms with Gasteiger partial charge in [-0.2, -0.15) is 5.10 Å². The van der Waals surface area contributed by atoms with Gasteiger partial charge in [-0.3, -0.25) is 9.78 Å². The van der Waals surface area contributed by atoms with Gasteiger partial charge in [0.25, 0.3) is 0 Å². The number of carbonyl (C=O) groups is 1. The van der Waals surface area contributed by atoms with E-state index in [4.69, 9.17) is 4.74 Å². The van der Waals surface area contributed by atoms with Crippen molar-refractivity contribution in [1.82, 2.24) is 19.7 Å². The summed E-state index contributed by atoms with van der Waals surface area (Å²) in [5.74, 6) is -1.96. The van der Waals surface area contributed by atoms with Crippen LogP contribution >= 0.6 is 0 Å². The van der Waals surface area contributed by atoms with Gasteiger partial charge in [0.05, 0.1) is 17.6 Å². The lowest BCUT2D eigenvalue weighted by molar-refractivity contribution is -0.274. The lowest BCUT2D eigenvalue weighted by Gasteiger charge is -2.22. The Balaban J connectivity index is 1.71. The van der Waals surface area contributed by atoms with Crippen molar-refractivity contribution in [1.29, 1.82) is 0 Å². The number of pyridine rings is 1. The zero-order chi connectivity index (χ0) is 27.0. The third-order valence-electron chi connectivity index (χ3n) is 6.05. The number of aliphatic imine (C=N–C) groups is 1. The number of aromatic nitrogens is 3. The number of carbonyl (C=O) groups excluding carboxylic acids is 1. The molecule has 0 amide bonds. The van der Waals surface area contributed by atoms with Crippen molar-refractivity contribution < 1.29 is 31.8 Å². The Morgan fingerprint density at radius 1 is 1.18 bits per heavy atom. The molecule has 1 fully saturated rings. The molecule has 1 aliphatic heterocycles. The van der Waals surface area contributed by atoms with Gasteiger partial charge in [0, 0.05) is 49.4 Å². The molecule has 0 aliphatic carbocycles. The van der Waals surface area contributed by atoms with Crippen LogP contribution in [0.15, 0.2) is 47.7 Å². The van der Waals surface area contributed by atoms with Crippen molar-refractivity contribution in [2.75, 3.05) is 20.7 Å². The first kappa shape index (κ1) is 25.6. The molecule has 1 aliphatic rings. The van der Waals surface area contributed by atoms with E-state index in [0.29, 0.717) is 13.0 Å². The molecular weight excluding hydrogens is 506 g/mol. The number of halogens is 4. The maximum atomic E-state index is 14.7. The number of rotatable bonds is 6. The number of fused-ring (bicyclic) bond motifs is 2. The lowest BCUT2D eigenvalue weighted by atomic mass is 9.96. The first-order chi connectivity index (χ1) is 18.1. The quantitative estimate of drug-likeness (QED) is 0.136. The van der Waals surface area contributed by atoms with Gasteiger partial charge in [0.15, 0.2) is 17.3 Å². The molecule has 4 aromatic rings. The fourth-order valence-electron chi connectivity index (χ4n) is 4.41. The summed E-state index contributed by atoms with van der Waals surface area (Å²) in [7, 11) is 3.41. The first-order valence-electron chi connectivity index (χ1n) is 11.8. The summed E-state index contributed by atoms with van der Waals surface area (Å²) in [6, 6.07) is 6.38. The van der Waals surface area contributed by atoms with Gasteiger partial charge in [-0.05, 0) is 49.6 Å². The standard InChI is InChI=1S/C26H23F4N5O3/c1-34(2)14-32-22-16-6-5-10-31-24(16)20(38-26(28,29)30)12-17(22)25(36)15-8-9-19(27)23-18(15)13-35(33-23)21-7-3-4-11-37-21/h5-6,8-10,12-14,21H,3-4,7,11H2,1-2H3/b32-14+. The number of ketones is 1. The normalized spacial score (nSPS) is 16.4. The molecule has 38 heavy (non-hydrogen) atoms. The average Bonchev–Trinajstić information content (AvgIpc) is 3.34. The van der Waals surface area contributed by atoms with Gasteiger partial charge in [-0.25, -0.2) is 14.1 Å². The summed E-state index contributed by atoms with van der Waals surface area (Å²) < 4.78 is 66.0. The molecule has 0 saturated carbocycles. The highest BCUT2D eigenvalue weighted by molar-refractivity contribution is 6.21. The predicted octanol–water partition coefficient (Wildman–Crippen LogP) is 5.77. The zero-order valence-electron chi connectivity index (χ0n) is 20.5.